The van der Waals surface area contributed by atoms with Gasteiger partial charge < -0.3 is 0 Å². The van der Waals surface area contributed by atoms with Gasteiger partial charge in [-0.1, -0.05) is 18.5 Å². The van der Waals surface area contributed by atoms with Crippen LogP contribution in [0, 0.1) is 11.8 Å². The quantitative estimate of drug-likeness (QED) is 0.742. The lowest BCUT2D eigenvalue weighted by Gasteiger charge is -2.31. The SMILES string of the molecule is CC1CC(CC(=O)c2cncc(Cl)n2)C1. The van der Waals surface area contributed by atoms with Crippen LogP contribution < -0.4 is 0 Å². The van der Waals surface area contributed by atoms with E-state index in [9.17, 15) is 4.79 Å². The Morgan fingerprint density at radius 1 is 1.53 bits per heavy atom. The maximum Gasteiger partial charge on any atom is 0.183 e. The molecule has 4 heteroatoms. The lowest BCUT2D eigenvalue weighted by molar-refractivity contribution is 0.0900. The molecule has 0 N–H and O–H groups in total. The summed E-state index contributed by atoms with van der Waals surface area (Å²) in [4.78, 5) is 19.6. The van der Waals surface area contributed by atoms with E-state index in [2.05, 4.69) is 16.9 Å². The Hall–Kier alpha value is -0.960. The zero-order valence-corrected chi connectivity index (χ0v) is 9.37. The average molecular weight is 225 g/mol. The van der Waals surface area contributed by atoms with Crippen molar-refractivity contribution < 1.29 is 4.79 Å². The third-order valence-electron chi connectivity index (χ3n) is 2.84. The first-order valence-corrected chi connectivity index (χ1v) is 5.53. The molecule has 0 aromatic carbocycles. The maximum atomic E-state index is 11.7. The van der Waals surface area contributed by atoms with E-state index >= 15 is 0 Å². The Bertz CT molecular complexity index is 375. The van der Waals surface area contributed by atoms with Crippen molar-refractivity contribution in [3.05, 3.63) is 23.2 Å². The molecule has 0 spiro atoms. The molecule has 2 rings (SSSR count). The Kier molecular flexibility index (Phi) is 3.00. The van der Waals surface area contributed by atoms with Gasteiger partial charge in [0.05, 0.1) is 12.4 Å². The normalized spacial score (nSPS) is 24.7. The number of rotatable bonds is 3. The van der Waals surface area contributed by atoms with E-state index in [0.717, 1.165) is 18.8 Å². The summed E-state index contributed by atoms with van der Waals surface area (Å²) < 4.78 is 0. The molecule has 1 aliphatic rings. The lowest BCUT2D eigenvalue weighted by atomic mass is 9.73. The molecule has 0 radical (unpaired) electrons. The number of aromatic nitrogens is 2. The molecule has 80 valence electrons. The third kappa shape index (κ3) is 2.53. The van der Waals surface area contributed by atoms with E-state index in [0.29, 0.717) is 18.0 Å². The summed E-state index contributed by atoms with van der Waals surface area (Å²) in [5.41, 5.74) is 0.391. The van der Waals surface area contributed by atoms with Gasteiger partial charge in [0, 0.05) is 6.42 Å². The maximum absolute atomic E-state index is 11.7. The van der Waals surface area contributed by atoms with Gasteiger partial charge in [-0.15, -0.1) is 0 Å². The van der Waals surface area contributed by atoms with Crippen molar-refractivity contribution >= 4 is 17.4 Å². The van der Waals surface area contributed by atoms with Gasteiger partial charge in [0.1, 0.15) is 10.8 Å². The Morgan fingerprint density at radius 2 is 2.27 bits per heavy atom. The first-order chi connectivity index (χ1) is 7.15. The van der Waals surface area contributed by atoms with E-state index in [1.54, 1.807) is 0 Å². The molecule has 0 aliphatic heterocycles. The Labute approximate surface area is 93.9 Å². The van der Waals surface area contributed by atoms with Crippen LogP contribution in [0.15, 0.2) is 12.4 Å². The average Bonchev–Trinajstić information content (AvgIpc) is 2.15. The number of hydrogen-bond donors (Lipinski definition) is 0. The van der Waals surface area contributed by atoms with Crippen LogP contribution in [0.3, 0.4) is 0 Å². The summed E-state index contributed by atoms with van der Waals surface area (Å²) in [6, 6.07) is 0. The summed E-state index contributed by atoms with van der Waals surface area (Å²) in [6.45, 7) is 2.21. The number of ketones is 1. The molecule has 15 heavy (non-hydrogen) atoms. The van der Waals surface area contributed by atoms with Gasteiger partial charge in [0.2, 0.25) is 0 Å². The number of halogens is 1. The van der Waals surface area contributed by atoms with Gasteiger partial charge in [0.25, 0.3) is 0 Å². The first kappa shape index (κ1) is 10.6. The largest absolute Gasteiger partial charge is 0.292 e. The predicted molar refractivity (Wildman–Crippen MR) is 57.9 cm³/mol. The van der Waals surface area contributed by atoms with Crippen LogP contribution in [-0.2, 0) is 0 Å². The molecule has 1 saturated carbocycles. The molecule has 0 unspecified atom stereocenters. The van der Waals surface area contributed by atoms with E-state index in [1.807, 2.05) is 0 Å². The van der Waals surface area contributed by atoms with Crippen LogP contribution in [0.5, 0.6) is 0 Å². The second kappa shape index (κ2) is 4.27. The van der Waals surface area contributed by atoms with E-state index < -0.39 is 0 Å². The molecule has 3 nitrogen and oxygen atoms in total. The fourth-order valence-corrected chi connectivity index (χ4v) is 2.23. The second-order valence-corrected chi connectivity index (χ2v) is 4.68. The highest BCUT2D eigenvalue weighted by Crippen LogP contribution is 2.35. The zero-order chi connectivity index (χ0) is 10.8. The number of nitrogens with zero attached hydrogens (tertiary/aromatic N) is 2. The van der Waals surface area contributed by atoms with Crippen molar-refractivity contribution in [3.63, 3.8) is 0 Å². The minimum absolute atomic E-state index is 0.0573. The van der Waals surface area contributed by atoms with Crippen molar-refractivity contribution in [2.45, 2.75) is 26.2 Å². The molecule has 0 bridgehead atoms. The van der Waals surface area contributed by atoms with Crippen LogP contribution >= 0.6 is 11.6 Å². The van der Waals surface area contributed by atoms with Gasteiger partial charge >= 0.3 is 0 Å². The van der Waals surface area contributed by atoms with E-state index in [1.165, 1.54) is 12.4 Å². The topological polar surface area (TPSA) is 42.9 Å². The molecular weight excluding hydrogens is 212 g/mol. The molecule has 0 saturated heterocycles. The highest BCUT2D eigenvalue weighted by Gasteiger charge is 2.27. The molecule has 1 aromatic rings. The number of carbonyl (C=O) groups excluding carboxylic acids is 1. The van der Waals surface area contributed by atoms with Gasteiger partial charge in [-0.25, -0.2) is 4.98 Å². The molecule has 1 fully saturated rings. The monoisotopic (exact) mass is 224 g/mol. The molecule has 1 aliphatic carbocycles. The van der Waals surface area contributed by atoms with Crippen LogP contribution in [0.4, 0.5) is 0 Å². The zero-order valence-electron chi connectivity index (χ0n) is 8.61. The Balaban J connectivity index is 1.96. The number of Topliss-reactive ketones (excluding diaryl/α,β-unsaturated/α-hetero) is 1. The summed E-state index contributed by atoms with van der Waals surface area (Å²) in [7, 11) is 0. The molecule has 0 atom stereocenters. The fraction of sp³-hybridized carbons (Fsp3) is 0.545. The highest BCUT2D eigenvalue weighted by atomic mass is 35.5. The standard InChI is InChI=1S/C11H13ClN2O/c1-7-2-8(3-7)4-10(15)9-5-13-6-11(12)14-9/h5-8H,2-4H2,1H3. The molecule has 1 aromatic heterocycles. The van der Waals surface area contributed by atoms with Crippen molar-refractivity contribution in [1.82, 2.24) is 9.97 Å². The number of hydrogen-bond acceptors (Lipinski definition) is 3. The van der Waals surface area contributed by atoms with Gasteiger partial charge in [-0.05, 0) is 24.7 Å². The van der Waals surface area contributed by atoms with Gasteiger partial charge in [-0.2, -0.15) is 0 Å². The smallest absolute Gasteiger partial charge is 0.183 e. The van der Waals surface area contributed by atoms with Crippen LogP contribution in [0.1, 0.15) is 36.7 Å². The van der Waals surface area contributed by atoms with Crippen molar-refractivity contribution in [3.8, 4) is 0 Å². The molecular formula is C11H13ClN2O. The summed E-state index contributed by atoms with van der Waals surface area (Å²) in [6.07, 6.45) is 5.80. The van der Waals surface area contributed by atoms with Gasteiger partial charge in [-0.3, -0.25) is 9.78 Å². The van der Waals surface area contributed by atoms with Crippen LogP contribution in [-0.4, -0.2) is 15.8 Å². The van der Waals surface area contributed by atoms with Crippen molar-refractivity contribution in [1.29, 1.82) is 0 Å². The molecule has 0 amide bonds. The summed E-state index contributed by atoms with van der Waals surface area (Å²) in [5, 5.41) is 0.280. The van der Waals surface area contributed by atoms with Crippen molar-refractivity contribution in [2.75, 3.05) is 0 Å². The van der Waals surface area contributed by atoms with E-state index in [4.69, 9.17) is 11.6 Å². The third-order valence-corrected chi connectivity index (χ3v) is 3.02. The first-order valence-electron chi connectivity index (χ1n) is 5.16. The van der Waals surface area contributed by atoms with E-state index in [-0.39, 0.29) is 10.9 Å². The lowest BCUT2D eigenvalue weighted by Crippen LogP contribution is -2.24. The molecule has 1 heterocycles. The fourth-order valence-electron chi connectivity index (χ4n) is 2.08. The van der Waals surface area contributed by atoms with Crippen LogP contribution in [0.2, 0.25) is 5.15 Å². The summed E-state index contributed by atoms with van der Waals surface area (Å²) >= 11 is 5.67. The summed E-state index contributed by atoms with van der Waals surface area (Å²) in [5.74, 6) is 1.36. The second-order valence-electron chi connectivity index (χ2n) is 4.30. The number of carbonyl (C=O) groups is 1. The van der Waals surface area contributed by atoms with Crippen LogP contribution in [0.25, 0.3) is 0 Å². The van der Waals surface area contributed by atoms with Crippen molar-refractivity contribution in [2.24, 2.45) is 11.8 Å². The highest BCUT2D eigenvalue weighted by molar-refractivity contribution is 6.29. The predicted octanol–water partition coefficient (Wildman–Crippen LogP) is 2.75. The minimum Gasteiger partial charge on any atom is -0.292 e. The van der Waals surface area contributed by atoms with Gasteiger partial charge in [0.15, 0.2) is 5.78 Å². The Morgan fingerprint density at radius 3 is 2.87 bits per heavy atom. The minimum atomic E-state index is 0.0573.